The summed E-state index contributed by atoms with van der Waals surface area (Å²) in [5.74, 6) is -2.19. The molecule has 5 nitrogen and oxygen atoms in total. The highest BCUT2D eigenvalue weighted by molar-refractivity contribution is 6.46. The van der Waals surface area contributed by atoms with Crippen LogP contribution in [0.15, 0.2) is 54.1 Å². The summed E-state index contributed by atoms with van der Waals surface area (Å²) in [6, 6.07) is 11.1. The molecular weight excluding hydrogens is 397 g/mol. The van der Waals surface area contributed by atoms with Crippen LogP contribution in [-0.2, 0) is 14.3 Å². The second-order valence-corrected chi connectivity index (χ2v) is 7.58. The number of aliphatic hydroxyl groups excluding tert-OH is 1. The fraction of sp³-hybridized carbons (Fsp3) is 0.273. The molecule has 0 unspecified atom stereocenters. The molecule has 0 aromatic heterocycles. The summed E-state index contributed by atoms with van der Waals surface area (Å²) in [7, 11) is 0. The number of nitrogens with zero attached hydrogens (tertiary/aromatic N) is 1. The second-order valence-electron chi connectivity index (χ2n) is 7.14. The molecular formula is C22H19ClFNO4. The highest BCUT2D eigenvalue weighted by Crippen LogP contribution is 2.40. The van der Waals surface area contributed by atoms with Gasteiger partial charge < -0.3 is 14.7 Å². The average Bonchev–Trinajstić information content (AvgIpc) is 3.31. The number of carbonyl (C=O) groups excluding carboxylic acids is 2. The number of hydrogen-bond donors (Lipinski definition) is 1. The smallest absolute Gasteiger partial charge is 0.295 e. The summed E-state index contributed by atoms with van der Waals surface area (Å²) >= 11 is 5.91. The Kier molecular flexibility index (Phi) is 5.39. The van der Waals surface area contributed by atoms with Gasteiger partial charge in [-0.3, -0.25) is 9.59 Å². The summed E-state index contributed by atoms with van der Waals surface area (Å²) in [5, 5.41) is 11.4. The molecule has 2 aromatic carbocycles. The number of amides is 1. The number of Topliss-reactive ketones (excluding diaryl/α,β-unsaturated/α-hetero) is 1. The zero-order valence-electron chi connectivity index (χ0n) is 15.5. The standard InChI is InChI=1S/C22H19ClFNO4/c23-15-7-3-14(4-8-15)20(26)18-19(13-5-9-16(24)10-6-13)25(22(28)21(18)27)12-17-2-1-11-29-17/h3-10,17,19,26H,1-2,11-12H2/t17-,19+/m0/s1. The van der Waals surface area contributed by atoms with Crippen LogP contribution in [0.3, 0.4) is 0 Å². The van der Waals surface area contributed by atoms with Crippen molar-refractivity contribution in [2.75, 3.05) is 13.2 Å². The number of rotatable bonds is 4. The summed E-state index contributed by atoms with van der Waals surface area (Å²) < 4.78 is 19.1. The van der Waals surface area contributed by atoms with Crippen molar-refractivity contribution < 1.29 is 23.8 Å². The fourth-order valence-electron chi connectivity index (χ4n) is 3.83. The number of carbonyl (C=O) groups is 2. The lowest BCUT2D eigenvalue weighted by atomic mass is 9.95. The molecule has 0 saturated carbocycles. The molecule has 29 heavy (non-hydrogen) atoms. The number of likely N-dealkylation sites (tertiary alicyclic amines) is 1. The fourth-order valence-corrected chi connectivity index (χ4v) is 3.96. The molecule has 0 radical (unpaired) electrons. The van der Waals surface area contributed by atoms with Crippen LogP contribution in [0.25, 0.3) is 5.76 Å². The topological polar surface area (TPSA) is 66.8 Å². The summed E-state index contributed by atoms with van der Waals surface area (Å²) in [5.41, 5.74) is 0.887. The van der Waals surface area contributed by atoms with Gasteiger partial charge in [-0.05, 0) is 54.8 Å². The van der Waals surface area contributed by atoms with Crippen molar-refractivity contribution in [3.8, 4) is 0 Å². The molecule has 2 fully saturated rings. The monoisotopic (exact) mass is 415 g/mol. The maximum Gasteiger partial charge on any atom is 0.295 e. The average molecular weight is 416 g/mol. The van der Waals surface area contributed by atoms with E-state index in [1.807, 2.05) is 0 Å². The lowest BCUT2D eigenvalue weighted by Crippen LogP contribution is -2.36. The molecule has 4 rings (SSSR count). The number of halogens is 2. The molecule has 1 N–H and O–H groups in total. The summed E-state index contributed by atoms with van der Waals surface area (Å²) in [6.07, 6.45) is 1.50. The molecule has 2 aliphatic heterocycles. The quantitative estimate of drug-likeness (QED) is 0.464. The number of ketones is 1. The predicted octanol–water partition coefficient (Wildman–Crippen LogP) is 4.08. The Morgan fingerprint density at radius 2 is 1.83 bits per heavy atom. The minimum atomic E-state index is -0.824. The van der Waals surface area contributed by atoms with Crippen molar-refractivity contribution in [3.05, 3.63) is 76.1 Å². The predicted molar refractivity (Wildman–Crippen MR) is 106 cm³/mol. The lowest BCUT2D eigenvalue weighted by molar-refractivity contribution is -0.140. The van der Waals surface area contributed by atoms with E-state index in [1.165, 1.54) is 29.2 Å². The van der Waals surface area contributed by atoms with E-state index in [2.05, 4.69) is 0 Å². The van der Waals surface area contributed by atoms with E-state index < -0.39 is 23.5 Å². The highest BCUT2D eigenvalue weighted by Gasteiger charge is 2.47. The van der Waals surface area contributed by atoms with Crippen molar-refractivity contribution >= 4 is 29.1 Å². The Bertz CT molecular complexity index is 965. The Morgan fingerprint density at radius 3 is 2.45 bits per heavy atom. The van der Waals surface area contributed by atoms with Crippen molar-refractivity contribution in [2.45, 2.75) is 25.0 Å². The Balaban J connectivity index is 1.81. The molecule has 2 aliphatic rings. The zero-order valence-corrected chi connectivity index (χ0v) is 16.2. The van der Waals surface area contributed by atoms with Gasteiger partial charge in [0.25, 0.3) is 11.7 Å². The largest absolute Gasteiger partial charge is 0.507 e. The third-order valence-corrected chi connectivity index (χ3v) is 5.52. The van der Waals surface area contributed by atoms with Crippen LogP contribution in [-0.4, -0.2) is 41.0 Å². The maximum atomic E-state index is 13.5. The van der Waals surface area contributed by atoms with Crippen LogP contribution in [0, 0.1) is 5.82 Å². The third-order valence-electron chi connectivity index (χ3n) is 5.27. The van der Waals surface area contributed by atoms with E-state index in [9.17, 15) is 19.1 Å². The molecule has 7 heteroatoms. The first-order valence-electron chi connectivity index (χ1n) is 9.37. The molecule has 1 amide bonds. The van der Waals surface area contributed by atoms with Gasteiger partial charge in [-0.2, -0.15) is 0 Å². The zero-order chi connectivity index (χ0) is 20.5. The van der Waals surface area contributed by atoms with Gasteiger partial charge in [0, 0.05) is 23.7 Å². The molecule has 0 spiro atoms. The molecule has 0 bridgehead atoms. The van der Waals surface area contributed by atoms with Gasteiger partial charge in [0.2, 0.25) is 0 Å². The van der Waals surface area contributed by atoms with Gasteiger partial charge in [0.05, 0.1) is 17.7 Å². The van der Waals surface area contributed by atoms with Crippen LogP contribution in [0.1, 0.15) is 30.0 Å². The Hall–Kier alpha value is -2.70. The van der Waals surface area contributed by atoms with Crippen molar-refractivity contribution in [2.24, 2.45) is 0 Å². The molecule has 0 aliphatic carbocycles. The lowest BCUT2D eigenvalue weighted by Gasteiger charge is -2.27. The van der Waals surface area contributed by atoms with Crippen LogP contribution >= 0.6 is 11.6 Å². The van der Waals surface area contributed by atoms with E-state index in [4.69, 9.17) is 16.3 Å². The van der Waals surface area contributed by atoms with Crippen LogP contribution < -0.4 is 0 Å². The first-order chi connectivity index (χ1) is 14.0. The van der Waals surface area contributed by atoms with E-state index in [1.54, 1.807) is 24.3 Å². The molecule has 2 saturated heterocycles. The normalized spacial score (nSPS) is 23.7. The first kappa shape index (κ1) is 19.6. The van der Waals surface area contributed by atoms with Gasteiger partial charge >= 0.3 is 0 Å². The SMILES string of the molecule is O=C1C(=O)N(C[C@@H]2CCCO2)[C@H](c2ccc(F)cc2)C1=C(O)c1ccc(Cl)cc1. The maximum absolute atomic E-state index is 13.5. The minimum Gasteiger partial charge on any atom is -0.507 e. The molecule has 2 atom stereocenters. The number of aliphatic hydroxyl groups is 1. The number of hydrogen-bond acceptors (Lipinski definition) is 4. The van der Waals surface area contributed by atoms with E-state index in [-0.39, 0.29) is 24.0 Å². The number of benzene rings is 2. The Morgan fingerprint density at radius 1 is 1.14 bits per heavy atom. The van der Waals surface area contributed by atoms with E-state index in [0.717, 1.165) is 12.8 Å². The summed E-state index contributed by atoms with van der Waals surface area (Å²) in [4.78, 5) is 27.1. The van der Waals surface area contributed by atoms with Gasteiger partial charge in [0.1, 0.15) is 11.6 Å². The van der Waals surface area contributed by atoms with E-state index >= 15 is 0 Å². The van der Waals surface area contributed by atoms with Crippen LogP contribution in [0.2, 0.25) is 5.02 Å². The highest BCUT2D eigenvalue weighted by atomic mass is 35.5. The van der Waals surface area contributed by atoms with Gasteiger partial charge in [0.15, 0.2) is 0 Å². The van der Waals surface area contributed by atoms with Crippen LogP contribution in [0.4, 0.5) is 4.39 Å². The molecule has 2 heterocycles. The third kappa shape index (κ3) is 3.78. The van der Waals surface area contributed by atoms with Crippen molar-refractivity contribution in [3.63, 3.8) is 0 Å². The van der Waals surface area contributed by atoms with Crippen molar-refractivity contribution in [1.82, 2.24) is 4.90 Å². The van der Waals surface area contributed by atoms with Gasteiger partial charge in [-0.15, -0.1) is 0 Å². The van der Waals surface area contributed by atoms with Gasteiger partial charge in [-0.25, -0.2) is 4.39 Å². The molecule has 2 aromatic rings. The minimum absolute atomic E-state index is 0.0260. The van der Waals surface area contributed by atoms with Crippen molar-refractivity contribution in [1.29, 1.82) is 0 Å². The Labute approximate surface area is 172 Å². The summed E-state index contributed by atoms with van der Waals surface area (Å²) in [6.45, 7) is 0.838. The number of ether oxygens (including phenoxy) is 1. The second kappa shape index (κ2) is 7.97. The van der Waals surface area contributed by atoms with Gasteiger partial charge in [-0.1, -0.05) is 23.7 Å². The molecule has 150 valence electrons. The first-order valence-corrected chi connectivity index (χ1v) is 9.75. The van der Waals surface area contributed by atoms with Crippen LogP contribution in [0.5, 0.6) is 0 Å². The van der Waals surface area contributed by atoms with E-state index in [0.29, 0.717) is 22.8 Å².